The van der Waals surface area contributed by atoms with Crippen molar-refractivity contribution in [3.63, 3.8) is 0 Å². The van der Waals surface area contributed by atoms with Gasteiger partial charge in [0, 0.05) is 18.4 Å². The first kappa shape index (κ1) is 20.6. The van der Waals surface area contributed by atoms with Gasteiger partial charge in [0.1, 0.15) is 21.7 Å². The van der Waals surface area contributed by atoms with Gasteiger partial charge in [-0.05, 0) is 36.2 Å². The standard InChI is InChI=1S/C19H21FN2O4S/c1-27(25,26)12-11-17(22-18(23)15-5-3-2-4-6-15)19(24)21-13-14-7-9-16(20)10-8-14/h2-10,17H,11-13H2,1H3,(H,21,24)(H,22,23)/t17-/m0/s1. The molecule has 27 heavy (non-hydrogen) atoms. The topological polar surface area (TPSA) is 92.3 Å². The second-order valence-corrected chi connectivity index (χ2v) is 8.41. The van der Waals surface area contributed by atoms with Crippen molar-refractivity contribution in [3.05, 3.63) is 71.5 Å². The van der Waals surface area contributed by atoms with Gasteiger partial charge >= 0.3 is 0 Å². The summed E-state index contributed by atoms with van der Waals surface area (Å²) in [4.78, 5) is 24.8. The van der Waals surface area contributed by atoms with Crippen molar-refractivity contribution in [3.8, 4) is 0 Å². The summed E-state index contributed by atoms with van der Waals surface area (Å²) in [5, 5.41) is 5.22. The second kappa shape index (κ2) is 9.27. The van der Waals surface area contributed by atoms with E-state index in [0.717, 1.165) is 6.26 Å². The summed E-state index contributed by atoms with van der Waals surface area (Å²) in [5.74, 6) is -1.60. The molecule has 0 unspecified atom stereocenters. The number of benzene rings is 2. The number of hydrogen-bond donors (Lipinski definition) is 2. The lowest BCUT2D eigenvalue weighted by Gasteiger charge is -2.18. The normalized spacial score (nSPS) is 12.2. The van der Waals surface area contributed by atoms with E-state index < -0.39 is 27.7 Å². The number of amides is 2. The van der Waals surface area contributed by atoms with Crippen molar-refractivity contribution in [1.29, 1.82) is 0 Å². The van der Waals surface area contributed by atoms with Crippen LogP contribution in [0.1, 0.15) is 22.3 Å². The number of nitrogens with one attached hydrogen (secondary N) is 2. The Morgan fingerprint density at radius 2 is 1.67 bits per heavy atom. The van der Waals surface area contributed by atoms with Crippen LogP contribution in [0.25, 0.3) is 0 Å². The fourth-order valence-corrected chi connectivity index (χ4v) is 3.01. The van der Waals surface area contributed by atoms with Crippen molar-refractivity contribution < 1.29 is 22.4 Å². The van der Waals surface area contributed by atoms with E-state index in [9.17, 15) is 22.4 Å². The Morgan fingerprint density at radius 1 is 1.04 bits per heavy atom. The molecule has 6 nitrogen and oxygen atoms in total. The van der Waals surface area contributed by atoms with E-state index in [1.54, 1.807) is 30.3 Å². The third-order valence-corrected chi connectivity index (χ3v) is 4.79. The van der Waals surface area contributed by atoms with Crippen molar-refractivity contribution in [2.24, 2.45) is 0 Å². The number of hydrogen-bond acceptors (Lipinski definition) is 4. The van der Waals surface area contributed by atoms with Crippen LogP contribution in [0.4, 0.5) is 4.39 Å². The van der Waals surface area contributed by atoms with Crippen LogP contribution in [0.3, 0.4) is 0 Å². The van der Waals surface area contributed by atoms with Gasteiger partial charge in [-0.25, -0.2) is 12.8 Å². The number of carbonyl (C=O) groups excluding carboxylic acids is 2. The van der Waals surface area contributed by atoms with E-state index in [-0.39, 0.29) is 24.5 Å². The Bertz CT molecular complexity index is 884. The highest BCUT2D eigenvalue weighted by atomic mass is 32.2. The molecule has 2 aromatic rings. The Kier molecular flexibility index (Phi) is 7.06. The monoisotopic (exact) mass is 392 g/mol. The van der Waals surface area contributed by atoms with Gasteiger partial charge in [0.05, 0.1) is 5.75 Å². The molecule has 2 amide bonds. The fourth-order valence-electron chi connectivity index (χ4n) is 2.35. The molecule has 0 saturated heterocycles. The summed E-state index contributed by atoms with van der Waals surface area (Å²) >= 11 is 0. The highest BCUT2D eigenvalue weighted by Crippen LogP contribution is 2.05. The van der Waals surface area contributed by atoms with Crippen molar-refractivity contribution in [1.82, 2.24) is 10.6 Å². The minimum Gasteiger partial charge on any atom is -0.350 e. The van der Waals surface area contributed by atoms with Gasteiger partial charge < -0.3 is 10.6 Å². The van der Waals surface area contributed by atoms with Gasteiger partial charge in [0.2, 0.25) is 5.91 Å². The highest BCUT2D eigenvalue weighted by Gasteiger charge is 2.22. The molecule has 0 radical (unpaired) electrons. The fraction of sp³-hybridized carbons (Fsp3) is 0.263. The molecule has 0 aliphatic carbocycles. The van der Waals surface area contributed by atoms with Crippen molar-refractivity contribution in [2.75, 3.05) is 12.0 Å². The number of sulfone groups is 1. The van der Waals surface area contributed by atoms with E-state index in [0.29, 0.717) is 11.1 Å². The molecule has 0 saturated carbocycles. The summed E-state index contributed by atoms with van der Waals surface area (Å²) in [6.45, 7) is 0.135. The van der Waals surface area contributed by atoms with Crippen LogP contribution in [0.2, 0.25) is 0 Å². The van der Waals surface area contributed by atoms with Crippen LogP contribution >= 0.6 is 0 Å². The summed E-state index contributed by atoms with van der Waals surface area (Å²) in [6.07, 6.45) is 1.02. The quantitative estimate of drug-likeness (QED) is 0.715. The van der Waals surface area contributed by atoms with Gasteiger partial charge in [-0.1, -0.05) is 30.3 Å². The average Bonchev–Trinajstić information content (AvgIpc) is 2.64. The third-order valence-electron chi connectivity index (χ3n) is 3.82. The van der Waals surface area contributed by atoms with E-state index in [4.69, 9.17) is 0 Å². The minimum absolute atomic E-state index is 0.0490. The lowest BCUT2D eigenvalue weighted by Crippen LogP contribution is -2.47. The summed E-state index contributed by atoms with van der Waals surface area (Å²) < 4.78 is 35.8. The third kappa shape index (κ3) is 7.18. The molecule has 2 aromatic carbocycles. The van der Waals surface area contributed by atoms with Crippen LogP contribution in [0.15, 0.2) is 54.6 Å². The van der Waals surface area contributed by atoms with E-state index in [2.05, 4.69) is 10.6 Å². The zero-order valence-electron chi connectivity index (χ0n) is 14.8. The summed E-state index contributed by atoms with van der Waals surface area (Å²) in [7, 11) is -3.30. The Balaban J connectivity index is 2.04. The zero-order chi connectivity index (χ0) is 19.9. The number of rotatable bonds is 8. The van der Waals surface area contributed by atoms with Gasteiger partial charge in [-0.2, -0.15) is 0 Å². The van der Waals surface area contributed by atoms with Crippen LogP contribution in [-0.4, -0.2) is 38.3 Å². The van der Waals surface area contributed by atoms with Crippen LogP contribution < -0.4 is 10.6 Å². The molecule has 0 aromatic heterocycles. The second-order valence-electron chi connectivity index (χ2n) is 6.15. The molecule has 8 heteroatoms. The lowest BCUT2D eigenvalue weighted by atomic mass is 10.1. The molecule has 144 valence electrons. The average molecular weight is 392 g/mol. The van der Waals surface area contributed by atoms with Crippen LogP contribution in [-0.2, 0) is 21.2 Å². The largest absolute Gasteiger partial charge is 0.350 e. The molecule has 0 bridgehead atoms. The SMILES string of the molecule is CS(=O)(=O)CC[C@H](NC(=O)c1ccccc1)C(=O)NCc1ccc(F)cc1. The maximum atomic E-state index is 12.9. The molecular weight excluding hydrogens is 371 g/mol. The van der Waals surface area contributed by atoms with Gasteiger partial charge in [-0.3, -0.25) is 9.59 Å². The van der Waals surface area contributed by atoms with E-state index in [1.807, 2.05) is 0 Å². The lowest BCUT2D eigenvalue weighted by molar-refractivity contribution is -0.123. The van der Waals surface area contributed by atoms with Crippen molar-refractivity contribution in [2.45, 2.75) is 19.0 Å². The highest BCUT2D eigenvalue weighted by molar-refractivity contribution is 7.90. The predicted molar refractivity (Wildman–Crippen MR) is 100 cm³/mol. The number of carbonyl (C=O) groups is 2. The first-order valence-electron chi connectivity index (χ1n) is 8.30. The van der Waals surface area contributed by atoms with Gasteiger partial charge in [0.25, 0.3) is 5.91 Å². The molecule has 0 aliphatic heterocycles. The van der Waals surface area contributed by atoms with E-state index >= 15 is 0 Å². The zero-order valence-corrected chi connectivity index (χ0v) is 15.6. The molecule has 0 fully saturated rings. The molecule has 2 rings (SSSR count). The van der Waals surface area contributed by atoms with Crippen LogP contribution in [0, 0.1) is 5.82 Å². The maximum absolute atomic E-state index is 12.9. The maximum Gasteiger partial charge on any atom is 0.251 e. The molecule has 1 atom stereocenters. The number of halogens is 1. The van der Waals surface area contributed by atoms with E-state index in [1.165, 1.54) is 24.3 Å². The molecule has 0 heterocycles. The molecule has 2 N–H and O–H groups in total. The molecule has 0 spiro atoms. The van der Waals surface area contributed by atoms with Gasteiger partial charge in [-0.15, -0.1) is 0 Å². The first-order valence-corrected chi connectivity index (χ1v) is 10.4. The summed E-state index contributed by atoms with van der Waals surface area (Å²) in [6, 6.07) is 12.9. The smallest absolute Gasteiger partial charge is 0.251 e. The van der Waals surface area contributed by atoms with Gasteiger partial charge in [0.15, 0.2) is 0 Å². The Labute approximate surface area is 157 Å². The molecule has 0 aliphatic rings. The van der Waals surface area contributed by atoms with Crippen LogP contribution in [0.5, 0.6) is 0 Å². The Hall–Kier alpha value is -2.74. The first-order chi connectivity index (χ1) is 12.7. The minimum atomic E-state index is -3.30. The Morgan fingerprint density at radius 3 is 2.26 bits per heavy atom. The summed E-state index contributed by atoms with van der Waals surface area (Å²) in [5.41, 5.74) is 1.05. The van der Waals surface area contributed by atoms with Crippen molar-refractivity contribution >= 4 is 21.7 Å². The predicted octanol–water partition coefficient (Wildman–Crippen LogP) is 1.68. The molecular formula is C19H21FN2O4S.